The van der Waals surface area contributed by atoms with Gasteiger partial charge in [0.2, 0.25) is 5.91 Å². The fourth-order valence-corrected chi connectivity index (χ4v) is 6.42. The van der Waals surface area contributed by atoms with Crippen LogP contribution in [-0.4, -0.2) is 71.9 Å². The molecule has 0 N–H and O–H groups in total. The van der Waals surface area contributed by atoms with Crippen LogP contribution in [0.2, 0.25) is 0 Å². The highest BCUT2D eigenvalue weighted by Gasteiger charge is 2.34. The van der Waals surface area contributed by atoms with Crippen LogP contribution in [0.3, 0.4) is 0 Å². The Bertz CT molecular complexity index is 1230. The van der Waals surface area contributed by atoms with Crippen LogP contribution in [-0.2, 0) is 11.2 Å². The van der Waals surface area contributed by atoms with E-state index in [9.17, 15) is 9.59 Å². The normalized spacial score (nSPS) is 19.7. The average molecular weight is 532 g/mol. The van der Waals surface area contributed by atoms with Gasteiger partial charge in [-0.3, -0.25) is 14.5 Å². The van der Waals surface area contributed by atoms with Crippen molar-refractivity contribution in [1.82, 2.24) is 14.7 Å². The minimum atomic E-state index is -0.0459. The first-order valence-corrected chi connectivity index (χ1v) is 14.6. The van der Waals surface area contributed by atoms with Gasteiger partial charge in [0.05, 0.1) is 19.2 Å². The van der Waals surface area contributed by atoms with Gasteiger partial charge >= 0.3 is 0 Å². The van der Waals surface area contributed by atoms with E-state index in [1.165, 1.54) is 16.0 Å². The molecule has 2 aromatic carbocycles. The third-order valence-electron chi connectivity index (χ3n) is 7.63. The van der Waals surface area contributed by atoms with E-state index in [1.807, 2.05) is 58.4 Å². The second-order valence-electron chi connectivity index (χ2n) is 10.2. The zero-order valence-corrected chi connectivity index (χ0v) is 23.2. The predicted molar refractivity (Wildman–Crippen MR) is 152 cm³/mol. The Kier molecular flexibility index (Phi) is 8.45. The lowest BCUT2D eigenvalue weighted by atomic mass is 9.93. The smallest absolute Gasteiger partial charge is 0.254 e. The summed E-state index contributed by atoms with van der Waals surface area (Å²) in [5.41, 5.74) is 3.21. The molecule has 1 fully saturated rings. The Morgan fingerprint density at radius 3 is 2.53 bits per heavy atom. The van der Waals surface area contributed by atoms with Crippen LogP contribution in [0, 0.1) is 0 Å². The molecular formula is C31H37N3O3S. The molecule has 2 atom stereocenters. The van der Waals surface area contributed by atoms with Crippen molar-refractivity contribution in [3.63, 3.8) is 0 Å². The van der Waals surface area contributed by atoms with Crippen LogP contribution in [0.15, 0.2) is 66.0 Å². The lowest BCUT2D eigenvalue weighted by molar-refractivity contribution is -0.135. The van der Waals surface area contributed by atoms with Crippen LogP contribution >= 0.6 is 11.3 Å². The molecule has 38 heavy (non-hydrogen) atoms. The molecule has 5 rings (SSSR count). The summed E-state index contributed by atoms with van der Waals surface area (Å²) in [7, 11) is 0. The number of hydrogen-bond donors (Lipinski definition) is 0. The van der Waals surface area contributed by atoms with E-state index in [0.29, 0.717) is 38.3 Å². The van der Waals surface area contributed by atoms with Crippen molar-refractivity contribution in [3.05, 3.63) is 87.6 Å². The summed E-state index contributed by atoms with van der Waals surface area (Å²) in [6.07, 6.45) is 3.08. The maximum Gasteiger partial charge on any atom is 0.254 e. The van der Waals surface area contributed by atoms with E-state index >= 15 is 0 Å². The van der Waals surface area contributed by atoms with Crippen LogP contribution in [0.25, 0.3) is 0 Å². The number of piperazine rings is 1. The Morgan fingerprint density at radius 2 is 1.79 bits per heavy atom. The first-order chi connectivity index (χ1) is 18.5. The Labute approximate surface area is 229 Å². The maximum absolute atomic E-state index is 13.5. The van der Waals surface area contributed by atoms with Crippen molar-refractivity contribution in [2.45, 2.75) is 45.2 Å². The number of rotatable bonds is 8. The molecule has 2 aliphatic rings. The van der Waals surface area contributed by atoms with Crippen LogP contribution in [0.1, 0.15) is 59.1 Å². The topological polar surface area (TPSA) is 53.1 Å². The third-order valence-corrected chi connectivity index (χ3v) is 8.62. The highest BCUT2D eigenvalue weighted by atomic mass is 32.1. The van der Waals surface area contributed by atoms with Crippen LogP contribution in [0.5, 0.6) is 5.75 Å². The fourth-order valence-electron chi connectivity index (χ4n) is 5.52. The number of carbonyl (C=O) groups excluding carboxylic acids is 2. The quantitative estimate of drug-likeness (QED) is 0.373. The molecule has 3 aromatic rings. The molecule has 1 aromatic heterocycles. The second kappa shape index (κ2) is 12.1. The average Bonchev–Trinajstić information content (AvgIpc) is 3.42. The molecular weight excluding hydrogens is 494 g/mol. The first-order valence-electron chi connectivity index (χ1n) is 13.7. The van der Waals surface area contributed by atoms with Gasteiger partial charge < -0.3 is 14.5 Å². The first kappa shape index (κ1) is 26.4. The SMILES string of the molecule is CCCCOc1ccc(C(=O)N2CCN(C(=O)CN3CCc4sccc4C3c3ccccc3)CC2C)cc1. The molecule has 0 saturated carbocycles. The van der Waals surface area contributed by atoms with Gasteiger partial charge in [-0.25, -0.2) is 0 Å². The second-order valence-corrected chi connectivity index (χ2v) is 11.2. The zero-order valence-electron chi connectivity index (χ0n) is 22.3. The number of nitrogens with zero attached hydrogens (tertiary/aromatic N) is 3. The zero-order chi connectivity index (χ0) is 26.5. The Balaban J connectivity index is 1.20. The highest BCUT2D eigenvalue weighted by Crippen LogP contribution is 2.37. The lowest BCUT2D eigenvalue weighted by Gasteiger charge is -2.42. The van der Waals surface area contributed by atoms with Gasteiger partial charge in [-0.2, -0.15) is 0 Å². The number of fused-ring (bicyclic) bond motifs is 1. The monoisotopic (exact) mass is 531 g/mol. The van der Waals surface area contributed by atoms with Gasteiger partial charge in [0, 0.05) is 42.7 Å². The van der Waals surface area contributed by atoms with Gasteiger partial charge in [-0.05, 0) is 66.6 Å². The number of amides is 2. The van der Waals surface area contributed by atoms with Gasteiger partial charge in [0.25, 0.3) is 5.91 Å². The Morgan fingerprint density at radius 1 is 1.00 bits per heavy atom. The van der Waals surface area contributed by atoms with Crippen LogP contribution in [0.4, 0.5) is 0 Å². The standard InChI is InChI=1S/C31H37N3O3S/c1-3-4-19-37-26-12-10-25(11-13-26)31(36)34-18-17-32(21-23(34)2)29(35)22-33-16-14-28-27(15-20-38-28)30(33)24-8-6-5-7-9-24/h5-13,15,20,23,30H,3-4,14,16-19,21-22H2,1-2H3. The summed E-state index contributed by atoms with van der Waals surface area (Å²) in [5.74, 6) is 0.937. The molecule has 2 amide bonds. The number of thiophene rings is 1. The molecule has 0 radical (unpaired) electrons. The van der Waals surface area contributed by atoms with Crippen LogP contribution < -0.4 is 4.74 Å². The molecule has 6 nitrogen and oxygen atoms in total. The number of benzene rings is 2. The summed E-state index contributed by atoms with van der Waals surface area (Å²) in [5, 5.41) is 2.16. The van der Waals surface area contributed by atoms with Crippen molar-refractivity contribution < 1.29 is 14.3 Å². The molecule has 0 spiro atoms. The highest BCUT2D eigenvalue weighted by molar-refractivity contribution is 7.10. The minimum absolute atomic E-state index is 0.00914. The largest absolute Gasteiger partial charge is 0.494 e. The summed E-state index contributed by atoms with van der Waals surface area (Å²) >= 11 is 1.81. The van der Waals surface area contributed by atoms with Crippen molar-refractivity contribution in [1.29, 1.82) is 0 Å². The van der Waals surface area contributed by atoms with Crippen molar-refractivity contribution in [2.75, 3.05) is 39.3 Å². The van der Waals surface area contributed by atoms with E-state index in [0.717, 1.165) is 31.6 Å². The molecule has 0 bridgehead atoms. The van der Waals surface area contributed by atoms with E-state index < -0.39 is 0 Å². The van der Waals surface area contributed by atoms with Crippen molar-refractivity contribution in [2.24, 2.45) is 0 Å². The number of hydrogen-bond acceptors (Lipinski definition) is 5. The molecule has 1 saturated heterocycles. The molecule has 2 aliphatic heterocycles. The number of ether oxygens (including phenoxy) is 1. The van der Waals surface area contributed by atoms with Crippen molar-refractivity contribution in [3.8, 4) is 5.75 Å². The fraction of sp³-hybridized carbons (Fsp3) is 0.419. The summed E-state index contributed by atoms with van der Waals surface area (Å²) in [6, 6.07) is 20.2. The predicted octanol–water partition coefficient (Wildman–Crippen LogP) is 5.25. The molecule has 2 unspecified atom stereocenters. The molecule has 7 heteroatoms. The van der Waals surface area contributed by atoms with E-state index in [4.69, 9.17) is 4.74 Å². The van der Waals surface area contributed by atoms with E-state index in [-0.39, 0.29) is 23.9 Å². The van der Waals surface area contributed by atoms with Crippen molar-refractivity contribution >= 4 is 23.2 Å². The van der Waals surface area contributed by atoms with E-state index in [1.54, 1.807) is 0 Å². The maximum atomic E-state index is 13.5. The summed E-state index contributed by atoms with van der Waals surface area (Å²) < 4.78 is 5.73. The minimum Gasteiger partial charge on any atom is -0.494 e. The third kappa shape index (κ3) is 5.79. The lowest BCUT2D eigenvalue weighted by Crippen LogP contribution is -2.57. The summed E-state index contributed by atoms with van der Waals surface area (Å²) in [6.45, 7) is 7.75. The summed E-state index contributed by atoms with van der Waals surface area (Å²) in [4.78, 5) is 34.3. The Hall–Kier alpha value is -3.16. The number of unbranched alkanes of at least 4 members (excludes halogenated alkanes) is 1. The van der Waals surface area contributed by atoms with Gasteiger partial charge in [0.15, 0.2) is 0 Å². The van der Waals surface area contributed by atoms with Gasteiger partial charge in [-0.15, -0.1) is 11.3 Å². The number of carbonyl (C=O) groups is 2. The van der Waals surface area contributed by atoms with E-state index in [2.05, 4.69) is 47.5 Å². The van der Waals surface area contributed by atoms with Gasteiger partial charge in [-0.1, -0.05) is 43.7 Å². The van der Waals surface area contributed by atoms with Gasteiger partial charge in [0.1, 0.15) is 5.75 Å². The molecule has 200 valence electrons. The molecule has 0 aliphatic carbocycles. The molecule has 3 heterocycles.